The molecule has 1 aromatic heterocycles. The Morgan fingerprint density at radius 2 is 2.07 bits per heavy atom. The summed E-state index contributed by atoms with van der Waals surface area (Å²) in [5.41, 5.74) is 2.08. The zero-order valence-electron chi connectivity index (χ0n) is 15.7. The van der Waals surface area contributed by atoms with E-state index in [4.69, 9.17) is 0 Å². The van der Waals surface area contributed by atoms with Crippen molar-refractivity contribution in [3.63, 3.8) is 0 Å². The molecule has 1 saturated heterocycles. The number of rotatable bonds is 3. The van der Waals surface area contributed by atoms with Crippen LogP contribution in [0.4, 0.5) is 10.1 Å². The van der Waals surface area contributed by atoms with Crippen molar-refractivity contribution in [3.8, 4) is 0 Å². The number of hydrogen-bond donors (Lipinski definition) is 0. The molecule has 0 radical (unpaired) electrons. The minimum atomic E-state index is -3.58. The summed E-state index contributed by atoms with van der Waals surface area (Å²) in [6.07, 6.45) is 2.78. The standard InChI is InChI=1S/C20H23FN2O3S2/c1-14-11-15-5-3-9-23(19(15)17(21)12-14)20(24)16-6-2-8-22(13-16)28(25,26)18-7-4-10-27-18/h4,7,10-12,16H,2-3,5-6,8-9,13H2,1H3. The molecule has 0 spiro atoms. The lowest BCUT2D eigenvalue weighted by Crippen LogP contribution is -2.48. The average molecular weight is 423 g/mol. The molecule has 1 fully saturated rings. The van der Waals surface area contributed by atoms with Crippen LogP contribution in [0.2, 0.25) is 0 Å². The van der Waals surface area contributed by atoms with Crippen LogP contribution >= 0.6 is 11.3 Å². The number of carbonyl (C=O) groups is 1. The van der Waals surface area contributed by atoms with E-state index in [0.29, 0.717) is 35.8 Å². The normalized spacial score (nSPS) is 20.8. The first-order chi connectivity index (χ1) is 13.4. The fourth-order valence-corrected chi connectivity index (χ4v) is 6.85. The second kappa shape index (κ2) is 7.57. The molecule has 1 amide bonds. The number of fused-ring (bicyclic) bond motifs is 1. The van der Waals surface area contributed by atoms with Crippen molar-refractivity contribution in [1.82, 2.24) is 4.31 Å². The number of benzene rings is 1. The number of aryl methyl sites for hydroxylation is 2. The van der Waals surface area contributed by atoms with Gasteiger partial charge in [-0.25, -0.2) is 12.8 Å². The maximum absolute atomic E-state index is 14.7. The molecule has 150 valence electrons. The quantitative estimate of drug-likeness (QED) is 0.760. The van der Waals surface area contributed by atoms with Gasteiger partial charge in [-0.15, -0.1) is 11.3 Å². The third-order valence-electron chi connectivity index (χ3n) is 5.47. The van der Waals surface area contributed by atoms with Crippen LogP contribution in [0.15, 0.2) is 33.9 Å². The zero-order chi connectivity index (χ0) is 19.9. The average Bonchev–Trinajstić information content (AvgIpc) is 3.22. The lowest BCUT2D eigenvalue weighted by atomic mass is 9.94. The van der Waals surface area contributed by atoms with Gasteiger partial charge in [0.25, 0.3) is 10.0 Å². The lowest BCUT2D eigenvalue weighted by molar-refractivity contribution is -0.123. The molecule has 3 heterocycles. The monoisotopic (exact) mass is 422 g/mol. The second-order valence-corrected chi connectivity index (χ2v) is 10.6. The molecule has 2 aromatic rings. The number of hydrogen-bond acceptors (Lipinski definition) is 4. The summed E-state index contributed by atoms with van der Waals surface area (Å²) in [4.78, 5) is 14.8. The number of piperidine rings is 1. The predicted molar refractivity (Wildman–Crippen MR) is 108 cm³/mol. The highest BCUT2D eigenvalue weighted by molar-refractivity contribution is 7.91. The van der Waals surface area contributed by atoms with Gasteiger partial charge in [0.05, 0.1) is 11.6 Å². The first-order valence-corrected chi connectivity index (χ1v) is 11.8. The highest BCUT2D eigenvalue weighted by Crippen LogP contribution is 2.34. The van der Waals surface area contributed by atoms with E-state index in [1.54, 1.807) is 22.4 Å². The van der Waals surface area contributed by atoms with E-state index >= 15 is 0 Å². The van der Waals surface area contributed by atoms with Gasteiger partial charge in [-0.3, -0.25) is 4.79 Å². The minimum absolute atomic E-state index is 0.151. The molecule has 2 aliphatic rings. The van der Waals surface area contributed by atoms with Crippen molar-refractivity contribution in [1.29, 1.82) is 0 Å². The fourth-order valence-electron chi connectivity index (χ4n) is 4.18. The summed E-state index contributed by atoms with van der Waals surface area (Å²) in [5, 5.41) is 1.73. The van der Waals surface area contributed by atoms with Gasteiger partial charge in [0.2, 0.25) is 5.91 Å². The van der Waals surface area contributed by atoms with Gasteiger partial charge in [-0.2, -0.15) is 4.31 Å². The zero-order valence-corrected chi connectivity index (χ0v) is 17.4. The van der Waals surface area contributed by atoms with Gasteiger partial charge in [0.1, 0.15) is 10.0 Å². The molecule has 0 N–H and O–H groups in total. The van der Waals surface area contributed by atoms with Gasteiger partial charge in [0, 0.05) is 19.6 Å². The Morgan fingerprint density at radius 3 is 2.82 bits per heavy atom. The van der Waals surface area contributed by atoms with Crippen molar-refractivity contribution in [2.24, 2.45) is 5.92 Å². The maximum Gasteiger partial charge on any atom is 0.252 e. The van der Waals surface area contributed by atoms with Gasteiger partial charge in [-0.05, 0) is 61.2 Å². The number of halogens is 1. The summed E-state index contributed by atoms with van der Waals surface area (Å²) < 4.78 is 42.0. The molecule has 0 aliphatic carbocycles. The van der Waals surface area contributed by atoms with Crippen LogP contribution in [0.5, 0.6) is 0 Å². The number of anilines is 1. The van der Waals surface area contributed by atoms with E-state index in [1.165, 1.54) is 21.7 Å². The summed E-state index contributed by atoms with van der Waals surface area (Å²) >= 11 is 1.18. The molecule has 1 atom stereocenters. The minimum Gasteiger partial charge on any atom is -0.309 e. The molecule has 5 nitrogen and oxygen atoms in total. The SMILES string of the molecule is Cc1cc(F)c2c(c1)CCCN2C(=O)C1CCCN(S(=O)(=O)c2cccs2)C1. The topological polar surface area (TPSA) is 57.7 Å². The third kappa shape index (κ3) is 3.49. The van der Waals surface area contributed by atoms with Crippen molar-refractivity contribution in [2.75, 3.05) is 24.5 Å². The van der Waals surface area contributed by atoms with Gasteiger partial charge in [-0.1, -0.05) is 12.1 Å². The molecule has 1 aromatic carbocycles. The van der Waals surface area contributed by atoms with Crippen molar-refractivity contribution >= 4 is 33.0 Å². The van der Waals surface area contributed by atoms with Crippen LogP contribution in [0.25, 0.3) is 0 Å². The fraction of sp³-hybridized carbons (Fsp3) is 0.450. The number of amides is 1. The Balaban J connectivity index is 1.58. The second-order valence-electron chi connectivity index (χ2n) is 7.48. The number of nitrogens with zero attached hydrogens (tertiary/aromatic N) is 2. The summed E-state index contributed by atoms with van der Waals surface area (Å²) in [7, 11) is -3.58. The van der Waals surface area contributed by atoms with Gasteiger partial charge >= 0.3 is 0 Å². The highest BCUT2D eigenvalue weighted by Gasteiger charge is 2.37. The number of carbonyl (C=O) groups excluding carboxylic acids is 1. The Kier molecular flexibility index (Phi) is 5.28. The molecule has 0 saturated carbocycles. The molecule has 4 rings (SSSR count). The summed E-state index contributed by atoms with van der Waals surface area (Å²) in [6, 6.07) is 6.69. The van der Waals surface area contributed by atoms with Gasteiger partial charge < -0.3 is 4.90 Å². The van der Waals surface area contributed by atoms with Crippen LogP contribution in [-0.4, -0.2) is 38.3 Å². The van der Waals surface area contributed by atoms with E-state index < -0.39 is 15.9 Å². The largest absolute Gasteiger partial charge is 0.309 e. The number of thiophene rings is 1. The van der Waals surface area contributed by atoms with Crippen LogP contribution in [0.3, 0.4) is 0 Å². The Hall–Kier alpha value is -1.77. The van der Waals surface area contributed by atoms with E-state index in [9.17, 15) is 17.6 Å². The Bertz CT molecular complexity index is 989. The molecule has 1 unspecified atom stereocenters. The Morgan fingerprint density at radius 1 is 1.25 bits per heavy atom. The van der Waals surface area contributed by atoms with Crippen molar-refractivity contribution in [2.45, 2.75) is 36.8 Å². The number of sulfonamides is 1. The maximum atomic E-state index is 14.7. The van der Waals surface area contributed by atoms with Gasteiger partial charge in [0.15, 0.2) is 0 Å². The predicted octanol–water partition coefficient (Wildman–Crippen LogP) is 3.58. The summed E-state index contributed by atoms with van der Waals surface area (Å²) in [5.74, 6) is -0.994. The first-order valence-electron chi connectivity index (χ1n) is 9.52. The molecule has 0 bridgehead atoms. The Labute approximate surface area is 168 Å². The lowest BCUT2D eigenvalue weighted by Gasteiger charge is -2.36. The van der Waals surface area contributed by atoms with E-state index in [-0.39, 0.29) is 18.3 Å². The molecule has 28 heavy (non-hydrogen) atoms. The first kappa shape index (κ1) is 19.5. The van der Waals surface area contributed by atoms with Crippen LogP contribution in [0.1, 0.15) is 30.4 Å². The van der Waals surface area contributed by atoms with Crippen molar-refractivity contribution in [3.05, 3.63) is 46.6 Å². The molecular formula is C20H23FN2O3S2. The highest BCUT2D eigenvalue weighted by atomic mass is 32.2. The smallest absolute Gasteiger partial charge is 0.252 e. The van der Waals surface area contributed by atoms with Crippen LogP contribution < -0.4 is 4.90 Å². The summed E-state index contributed by atoms with van der Waals surface area (Å²) in [6.45, 7) is 2.88. The van der Waals surface area contributed by atoms with Crippen molar-refractivity contribution < 1.29 is 17.6 Å². The van der Waals surface area contributed by atoms with E-state index in [1.807, 2.05) is 13.0 Å². The molecular weight excluding hydrogens is 399 g/mol. The van der Waals surface area contributed by atoms with E-state index in [0.717, 1.165) is 24.0 Å². The molecule has 8 heteroatoms. The molecule has 2 aliphatic heterocycles. The van der Waals surface area contributed by atoms with Crippen LogP contribution in [0, 0.1) is 18.7 Å². The third-order valence-corrected chi connectivity index (χ3v) is 8.71. The van der Waals surface area contributed by atoms with E-state index in [2.05, 4.69) is 0 Å². The van der Waals surface area contributed by atoms with Crippen LogP contribution in [-0.2, 0) is 21.2 Å².